The van der Waals surface area contributed by atoms with Gasteiger partial charge in [0.25, 0.3) is 0 Å². The minimum atomic E-state index is -1.12. The van der Waals surface area contributed by atoms with Crippen molar-refractivity contribution in [2.75, 3.05) is 13.2 Å². The van der Waals surface area contributed by atoms with Crippen molar-refractivity contribution in [3.8, 4) is 0 Å². The second kappa shape index (κ2) is 20.8. The lowest BCUT2D eigenvalue weighted by Crippen LogP contribution is -2.41. The number of esters is 2. The first-order valence-electron chi connectivity index (χ1n) is 13.4. The van der Waals surface area contributed by atoms with Gasteiger partial charge in [-0.3, -0.25) is 9.59 Å². The highest BCUT2D eigenvalue weighted by molar-refractivity contribution is 6.00. The fraction of sp³-hybridized carbons (Fsp3) is 0.926. The van der Waals surface area contributed by atoms with Gasteiger partial charge < -0.3 is 9.47 Å². The van der Waals surface area contributed by atoms with E-state index in [9.17, 15) is 9.59 Å². The minimum absolute atomic E-state index is 0.291. The zero-order valence-electron chi connectivity index (χ0n) is 21.3. The molecule has 4 heteroatoms. The Morgan fingerprint density at radius 3 is 1.13 bits per heavy atom. The molecule has 0 rings (SSSR count). The fourth-order valence-electron chi connectivity index (χ4n) is 4.27. The highest BCUT2D eigenvalue weighted by Gasteiger charge is 2.46. The average Bonchev–Trinajstić information content (AvgIpc) is 2.76. The van der Waals surface area contributed by atoms with Crippen LogP contribution in [0.15, 0.2) is 0 Å². The zero-order valence-corrected chi connectivity index (χ0v) is 21.3. The SMILES string of the molecule is CCCCCCCCCCCCCCCCCCC(CC)(C(=O)OCC)C(=O)OCC. The van der Waals surface area contributed by atoms with E-state index in [4.69, 9.17) is 9.47 Å². The van der Waals surface area contributed by atoms with Crippen molar-refractivity contribution in [3.63, 3.8) is 0 Å². The summed E-state index contributed by atoms with van der Waals surface area (Å²) in [5.74, 6) is -0.839. The standard InChI is InChI=1S/C27H52O4/c1-5-9-10-11-12-13-14-15-16-17-18-19-20-21-22-23-24-27(6-2,25(28)30-7-3)26(29)31-8-4/h5-24H2,1-4H3. The second-order valence-electron chi connectivity index (χ2n) is 8.93. The van der Waals surface area contributed by atoms with E-state index in [-0.39, 0.29) is 0 Å². The van der Waals surface area contributed by atoms with Crippen LogP contribution in [0.25, 0.3) is 0 Å². The van der Waals surface area contributed by atoms with E-state index in [0.29, 0.717) is 26.1 Å². The number of carbonyl (C=O) groups excluding carboxylic acids is 2. The summed E-state index contributed by atoms with van der Waals surface area (Å²) in [5, 5.41) is 0. The maximum atomic E-state index is 12.5. The van der Waals surface area contributed by atoms with Crippen molar-refractivity contribution in [2.45, 2.75) is 143 Å². The Bertz CT molecular complexity index is 415. The first-order chi connectivity index (χ1) is 15.1. The van der Waals surface area contributed by atoms with Gasteiger partial charge in [0, 0.05) is 0 Å². The van der Waals surface area contributed by atoms with Crippen LogP contribution in [0.5, 0.6) is 0 Å². The summed E-state index contributed by atoms with van der Waals surface area (Å²) >= 11 is 0. The highest BCUT2D eigenvalue weighted by atomic mass is 16.6. The van der Waals surface area contributed by atoms with E-state index >= 15 is 0 Å². The highest BCUT2D eigenvalue weighted by Crippen LogP contribution is 2.33. The molecule has 0 aromatic heterocycles. The van der Waals surface area contributed by atoms with Crippen molar-refractivity contribution in [1.29, 1.82) is 0 Å². The maximum absolute atomic E-state index is 12.5. The summed E-state index contributed by atoms with van der Waals surface area (Å²) < 4.78 is 10.4. The molecule has 0 atom stereocenters. The number of hydrogen-bond donors (Lipinski definition) is 0. The number of ether oxygens (including phenoxy) is 2. The van der Waals surface area contributed by atoms with Gasteiger partial charge in [-0.15, -0.1) is 0 Å². The lowest BCUT2D eigenvalue weighted by Gasteiger charge is -2.27. The van der Waals surface area contributed by atoms with Crippen LogP contribution < -0.4 is 0 Å². The van der Waals surface area contributed by atoms with Crippen LogP contribution in [-0.2, 0) is 19.1 Å². The van der Waals surface area contributed by atoms with Crippen molar-refractivity contribution in [3.05, 3.63) is 0 Å². The number of unbranched alkanes of at least 4 members (excludes halogenated alkanes) is 15. The van der Waals surface area contributed by atoms with E-state index in [2.05, 4.69) is 6.92 Å². The summed E-state index contributed by atoms with van der Waals surface area (Å²) in [4.78, 5) is 25.0. The Balaban J connectivity index is 3.82. The van der Waals surface area contributed by atoms with Gasteiger partial charge in [-0.1, -0.05) is 117 Å². The summed E-state index contributed by atoms with van der Waals surface area (Å²) in [6.45, 7) is 8.28. The van der Waals surface area contributed by atoms with Gasteiger partial charge in [0.15, 0.2) is 5.41 Å². The van der Waals surface area contributed by atoms with Gasteiger partial charge in [-0.05, 0) is 26.7 Å². The lowest BCUT2D eigenvalue weighted by molar-refractivity contribution is -0.173. The normalized spacial score (nSPS) is 11.5. The Hall–Kier alpha value is -1.06. The number of carbonyl (C=O) groups is 2. The Kier molecular flexibility index (Phi) is 20.1. The molecule has 4 nitrogen and oxygen atoms in total. The molecule has 0 aromatic carbocycles. The van der Waals surface area contributed by atoms with Crippen LogP contribution in [0, 0.1) is 5.41 Å². The molecule has 0 radical (unpaired) electrons. The third-order valence-corrected chi connectivity index (χ3v) is 6.39. The lowest BCUT2D eigenvalue weighted by atomic mass is 9.80. The van der Waals surface area contributed by atoms with E-state index < -0.39 is 17.4 Å². The molecule has 0 saturated carbocycles. The monoisotopic (exact) mass is 440 g/mol. The van der Waals surface area contributed by atoms with Gasteiger partial charge in [0.1, 0.15) is 0 Å². The van der Waals surface area contributed by atoms with Crippen LogP contribution in [-0.4, -0.2) is 25.2 Å². The first-order valence-corrected chi connectivity index (χ1v) is 13.4. The maximum Gasteiger partial charge on any atom is 0.323 e. The average molecular weight is 441 g/mol. The molecule has 184 valence electrons. The molecule has 0 aliphatic rings. The van der Waals surface area contributed by atoms with Crippen molar-refractivity contribution in [2.24, 2.45) is 5.41 Å². The van der Waals surface area contributed by atoms with E-state index in [0.717, 1.165) is 12.8 Å². The molecule has 0 aliphatic heterocycles. The first kappa shape index (κ1) is 29.9. The van der Waals surface area contributed by atoms with Gasteiger partial charge in [-0.2, -0.15) is 0 Å². The van der Waals surface area contributed by atoms with Gasteiger partial charge in [0.05, 0.1) is 13.2 Å². The number of hydrogen-bond acceptors (Lipinski definition) is 4. The van der Waals surface area contributed by atoms with Crippen LogP contribution >= 0.6 is 0 Å². The topological polar surface area (TPSA) is 52.6 Å². The number of rotatable bonds is 22. The quantitative estimate of drug-likeness (QED) is 0.0967. The Morgan fingerprint density at radius 1 is 0.516 bits per heavy atom. The molecule has 0 fully saturated rings. The molecule has 0 aliphatic carbocycles. The van der Waals surface area contributed by atoms with E-state index in [1.807, 2.05) is 6.92 Å². The van der Waals surface area contributed by atoms with Gasteiger partial charge in [0.2, 0.25) is 0 Å². The summed E-state index contributed by atoms with van der Waals surface area (Å²) in [6, 6.07) is 0. The van der Waals surface area contributed by atoms with Crippen LogP contribution in [0.3, 0.4) is 0 Å². The molecule has 0 N–H and O–H groups in total. The summed E-state index contributed by atoms with van der Waals surface area (Å²) in [5.41, 5.74) is -1.12. The van der Waals surface area contributed by atoms with Crippen LogP contribution in [0.4, 0.5) is 0 Å². The summed E-state index contributed by atoms with van der Waals surface area (Å²) in [7, 11) is 0. The molecule has 0 unspecified atom stereocenters. The molecule has 0 amide bonds. The van der Waals surface area contributed by atoms with Crippen molar-refractivity contribution in [1.82, 2.24) is 0 Å². The third kappa shape index (κ3) is 13.9. The molecular formula is C27H52O4. The summed E-state index contributed by atoms with van der Waals surface area (Å²) in [6.07, 6.45) is 21.9. The minimum Gasteiger partial charge on any atom is -0.465 e. The third-order valence-electron chi connectivity index (χ3n) is 6.39. The molecule has 0 aromatic rings. The Morgan fingerprint density at radius 2 is 0.839 bits per heavy atom. The van der Waals surface area contributed by atoms with Crippen molar-refractivity contribution < 1.29 is 19.1 Å². The van der Waals surface area contributed by atoms with Gasteiger partial charge in [-0.25, -0.2) is 0 Å². The Labute approximate surface area is 193 Å². The molecule has 31 heavy (non-hydrogen) atoms. The predicted octanol–water partition coefficient (Wildman–Crippen LogP) is 8.16. The molecule has 0 spiro atoms. The van der Waals surface area contributed by atoms with Crippen molar-refractivity contribution >= 4 is 11.9 Å². The largest absolute Gasteiger partial charge is 0.465 e. The molecule has 0 heterocycles. The van der Waals surface area contributed by atoms with E-state index in [1.165, 1.54) is 89.9 Å². The van der Waals surface area contributed by atoms with Crippen LogP contribution in [0.2, 0.25) is 0 Å². The molecular weight excluding hydrogens is 388 g/mol. The molecule has 0 saturated heterocycles. The molecule has 0 bridgehead atoms. The smallest absolute Gasteiger partial charge is 0.323 e. The zero-order chi connectivity index (χ0) is 23.2. The van der Waals surface area contributed by atoms with Crippen LogP contribution in [0.1, 0.15) is 143 Å². The van der Waals surface area contributed by atoms with E-state index in [1.54, 1.807) is 13.8 Å². The van der Waals surface area contributed by atoms with Gasteiger partial charge >= 0.3 is 11.9 Å². The second-order valence-corrected chi connectivity index (χ2v) is 8.93. The predicted molar refractivity (Wildman–Crippen MR) is 130 cm³/mol. The fourth-order valence-corrected chi connectivity index (χ4v) is 4.27.